The van der Waals surface area contributed by atoms with Crippen LogP contribution in [-0.4, -0.2) is 13.2 Å². The van der Waals surface area contributed by atoms with Gasteiger partial charge >= 0.3 is 0 Å². The van der Waals surface area contributed by atoms with E-state index < -0.39 is 0 Å². The van der Waals surface area contributed by atoms with Crippen LogP contribution in [0.3, 0.4) is 0 Å². The maximum absolute atomic E-state index is 5.19. The molecule has 1 fully saturated rings. The summed E-state index contributed by atoms with van der Waals surface area (Å²) in [5.74, 6) is 0. The van der Waals surface area contributed by atoms with Crippen molar-refractivity contribution in [3.8, 4) is 0 Å². The van der Waals surface area contributed by atoms with Gasteiger partial charge < -0.3 is 4.74 Å². The standard InChI is InChI=1S/C8H9BrOS/c1-8(4-10-5-8)7-2-6(9)3-11-7/h2-3H,4-5H2,1H3. The molecule has 1 aromatic rings. The van der Waals surface area contributed by atoms with Gasteiger partial charge in [0.15, 0.2) is 0 Å². The predicted octanol–water partition coefficient (Wildman–Crippen LogP) is 2.80. The minimum absolute atomic E-state index is 0.302. The van der Waals surface area contributed by atoms with E-state index in [2.05, 4.69) is 34.3 Å². The van der Waals surface area contributed by atoms with Crippen LogP contribution in [0.2, 0.25) is 0 Å². The largest absolute Gasteiger partial charge is 0.379 e. The fourth-order valence-corrected chi connectivity index (χ4v) is 2.75. The van der Waals surface area contributed by atoms with E-state index in [1.54, 1.807) is 11.3 Å². The van der Waals surface area contributed by atoms with Gasteiger partial charge in [-0.25, -0.2) is 0 Å². The molecule has 0 spiro atoms. The highest BCUT2D eigenvalue weighted by molar-refractivity contribution is 9.10. The molecule has 2 rings (SSSR count). The van der Waals surface area contributed by atoms with Crippen molar-refractivity contribution < 1.29 is 4.74 Å². The van der Waals surface area contributed by atoms with Gasteiger partial charge in [-0.15, -0.1) is 11.3 Å². The van der Waals surface area contributed by atoms with E-state index in [0.29, 0.717) is 5.41 Å². The lowest BCUT2D eigenvalue weighted by Gasteiger charge is -2.37. The van der Waals surface area contributed by atoms with E-state index in [1.165, 1.54) is 9.35 Å². The molecule has 0 N–H and O–H groups in total. The lowest BCUT2D eigenvalue weighted by Crippen LogP contribution is -2.43. The summed E-state index contributed by atoms with van der Waals surface area (Å²) >= 11 is 5.25. The van der Waals surface area contributed by atoms with Crippen LogP contribution >= 0.6 is 27.3 Å². The molecule has 0 radical (unpaired) electrons. The van der Waals surface area contributed by atoms with Crippen molar-refractivity contribution in [2.75, 3.05) is 13.2 Å². The Hall–Kier alpha value is 0.140. The molecule has 2 heterocycles. The van der Waals surface area contributed by atoms with Gasteiger partial charge in [0.2, 0.25) is 0 Å². The Bertz CT molecular complexity index is 265. The zero-order valence-corrected chi connectivity index (χ0v) is 8.67. The second-order valence-electron chi connectivity index (χ2n) is 3.18. The SMILES string of the molecule is CC1(c2cc(Br)cs2)COC1. The highest BCUT2D eigenvalue weighted by Gasteiger charge is 2.36. The summed E-state index contributed by atoms with van der Waals surface area (Å²) in [4.78, 5) is 1.43. The number of thiophene rings is 1. The third-order valence-electron chi connectivity index (χ3n) is 2.00. The monoisotopic (exact) mass is 232 g/mol. The van der Waals surface area contributed by atoms with E-state index in [0.717, 1.165) is 13.2 Å². The molecule has 0 unspecified atom stereocenters. The molecule has 1 aromatic heterocycles. The molecular weight excluding hydrogens is 224 g/mol. The zero-order valence-electron chi connectivity index (χ0n) is 6.26. The summed E-state index contributed by atoms with van der Waals surface area (Å²) in [6.45, 7) is 3.99. The lowest BCUT2D eigenvalue weighted by atomic mass is 9.87. The van der Waals surface area contributed by atoms with Gasteiger partial charge in [-0.2, -0.15) is 0 Å². The second-order valence-corrected chi connectivity index (χ2v) is 5.01. The van der Waals surface area contributed by atoms with Crippen LogP contribution in [0.5, 0.6) is 0 Å². The first-order chi connectivity index (χ1) is 5.21. The second kappa shape index (κ2) is 2.57. The Labute approximate surface area is 78.5 Å². The maximum Gasteiger partial charge on any atom is 0.0590 e. The van der Waals surface area contributed by atoms with E-state index in [9.17, 15) is 0 Å². The molecule has 0 saturated carbocycles. The summed E-state index contributed by atoms with van der Waals surface area (Å²) < 4.78 is 6.38. The molecule has 0 bridgehead atoms. The summed E-state index contributed by atoms with van der Waals surface area (Å²) in [5, 5.41) is 2.12. The van der Waals surface area contributed by atoms with Gasteiger partial charge in [-0.1, -0.05) is 6.92 Å². The Morgan fingerprint density at radius 1 is 1.64 bits per heavy atom. The first-order valence-electron chi connectivity index (χ1n) is 3.53. The van der Waals surface area contributed by atoms with E-state index >= 15 is 0 Å². The Morgan fingerprint density at radius 2 is 2.36 bits per heavy atom. The minimum Gasteiger partial charge on any atom is -0.379 e. The fourth-order valence-electron chi connectivity index (χ4n) is 1.18. The smallest absolute Gasteiger partial charge is 0.0590 e. The molecule has 0 amide bonds. The van der Waals surface area contributed by atoms with Crippen molar-refractivity contribution in [1.29, 1.82) is 0 Å². The number of ether oxygens (including phenoxy) is 1. The molecule has 1 aliphatic heterocycles. The van der Waals surface area contributed by atoms with E-state index in [-0.39, 0.29) is 0 Å². The maximum atomic E-state index is 5.19. The first-order valence-corrected chi connectivity index (χ1v) is 5.20. The Morgan fingerprint density at radius 3 is 2.73 bits per heavy atom. The normalized spacial score (nSPS) is 21.3. The lowest BCUT2D eigenvalue weighted by molar-refractivity contribution is -0.0481. The number of halogens is 1. The van der Waals surface area contributed by atoms with Crippen molar-refractivity contribution in [2.24, 2.45) is 0 Å². The Kier molecular flexibility index (Phi) is 1.82. The van der Waals surface area contributed by atoms with Crippen LogP contribution in [0.25, 0.3) is 0 Å². The van der Waals surface area contributed by atoms with Gasteiger partial charge in [0.1, 0.15) is 0 Å². The van der Waals surface area contributed by atoms with Crippen molar-refractivity contribution in [3.05, 3.63) is 20.8 Å². The number of hydrogen-bond acceptors (Lipinski definition) is 2. The van der Waals surface area contributed by atoms with Crippen LogP contribution in [0.4, 0.5) is 0 Å². The minimum atomic E-state index is 0.302. The summed E-state index contributed by atoms with van der Waals surface area (Å²) in [7, 11) is 0. The summed E-state index contributed by atoms with van der Waals surface area (Å²) in [6.07, 6.45) is 0. The molecule has 11 heavy (non-hydrogen) atoms. The molecule has 1 aliphatic rings. The van der Waals surface area contributed by atoms with Gasteiger partial charge in [-0.3, -0.25) is 0 Å². The summed E-state index contributed by atoms with van der Waals surface area (Å²) in [6, 6.07) is 2.19. The Balaban J connectivity index is 2.28. The van der Waals surface area contributed by atoms with Gasteiger partial charge in [0.05, 0.1) is 13.2 Å². The molecule has 1 nitrogen and oxygen atoms in total. The van der Waals surface area contributed by atoms with Crippen molar-refractivity contribution >= 4 is 27.3 Å². The van der Waals surface area contributed by atoms with Crippen molar-refractivity contribution in [1.82, 2.24) is 0 Å². The van der Waals surface area contributed by atoms with Crippen molar-refractivity contribution in [3.63, 3.8) is 0 Å². The topological polar surface area (TPSA) is 9.23 Å². The number of hydrogen-bond donors (Lipinski definition) is 0. The van der Waals surface area contributed by atoms with Gasteiger partial charge in [0.25, 0.3) is 0 Å². The molecule has 0 aromatic carbocycles. The molecule has 0 aliphatic carbocycles. The molecule has 3 heteroatoms. The molecule has 60 valence electrons. The first kappa shape index (κ1) is 7.77. The molecule has 1 saturated heterocycles. The predicted molar refractivity (Wildman–Crippen MR) is 50.2 cm³/mol. The van der Waals surface area contributed by atoms with Crippen molar-refractivity contribution in [2.45, 2.75) is 12.3 Å². The fraction of sp³-hybridized carbons (Fsp3) is 0.500. The van der Waals surface area contributed by atoms with Crippen LogP contribution in [-0.2, 0) is 10.2 Å². The quantitative estimate of drug-likeness (QED) is 0.724. The number of rotatable bonds is 1. The van der Waals surface area contributed by atoms with Crippen LogP contribution in [0.1, 0.15) is 11.8 Å². The van der Waals surface area contributed by atoms with Gasteiger partial charge in [-0.05, 0) is 22.0 Å². The molecule has 0 atom stereocenters. The average Bonchev–Trinajstić information content (AvgIpc) is 2.31. The van der Waals surface area contributed by atoms with Crippen LogP contribution in [0.15, 0.2) is 15.9 Å². The van der Waals surface area contributed by atoms with Crippen LogP contribution in [0, 0.1) is 0 Å². The van der Waals surface area contributed by atoms with E-state index in [4.69, 9.17) is 4.74 Å². The zero-order chi connectivity index (χ0) is 7.90. The molecular formula is C8H9BrOS. The van der Waals surface area contributed by atoms with Crippen LogP contribution < -0.4 is 0 Å². The van der Waals surface area contributed by atoms with E-state index in [1.807, 2.05) is 0 Å². The average molecular weight is 233 g/mol. The van der Waals surface area contributed by atoms with Gasteiger partial charge in [0, 0.05) is 20.1 Å². The summed E-state index contributed by atoms with van der Waals surface area (Å²) in [5.41, 5.74) is 0.302. The highest BCUT2D eigenvalue weighted by Crippen LogP contribution is 2.36. The third kappa shape index (κ3) is 1.25. The highest BCUT2D eigenvalue weighted by atomic mass is 79.9. The third-order valence-corrected chi connectivity index (χ3v) is 4.00.